The van der Waals surface area contributed by atoms with E-state index in [1.807, 2.05) is 0 Å². The Bertz CT molecular complexity index is 463. The fraction of sp³-hybridized carbons (Fsp3) is 0.615. The lowest BCUT2D eigenvalue weighted by Gasteiger charge is -2.16. The van der Waals surface area contributed by atoms with E-state index in [0.29, 0.717) is 5.69 Å². The highest BCUT2D eigenvalue weighted by atomic mass is 16.6. The van der Waals surface area contributed by atoms with Gasteiger partial charge < -0.3 is 14.6 Å². The molecule has 19 heavy (non-hydrogen) atoms. The maximum absolute atomic E-state index is 11.8. The summed E-state index contributed by atoms with van der Waals surface area (Å²) in [4.78, 5) is 23.5. The number of esters is 1. The summed E-state index contributed by atoms with van der Waals surface area (Å²) in [7, 11) is 0. The molecule has 1 fully saturated rings. The highest BCUT2D eigenvalue weighted by Gasteiger charge is 2.24. The Labute approximate surface area is 111 Å². The van der Waals surface area contributed by atoms with Crippen molar-refractivity contribution in [2.24, 2.45) is 0 Å². The molecular weight excluding hydrogens is 248 g/mol. The number of hydrogen-bond donors (Lipinski definition) is 1. The van der Waals surface area contributed by atoms with Crippen molar-refractivity contribution in [3.05, 3.63) is 17.5 Å². The van der Waals surface area contributed by atoms with E-state index in [4.69, 9.17) is 9.26 Å². The van der Waals surface area contributed by atoms with Crippen LogP contribution in [0, 0.1) is 6.92 Å². The molecule has 1 aromatic heterocycles. The molecule has 0 spiro atoms. The zero-order valence-corrected chi connectivity index (χ0v) is 11.1. The van der Waals surface area contributed by atoms with Crippen LogP contribution < -0.4 is 5.32 Å². The number of ether oxygens (including phenoxy) is 1. The number of nitrogens with one attached hydrogen (secondary N) is 1. The average Bonchev–Trinajstić information content (AvgIpc) is 3.00. The van der Waals surface area contributed by atoms with Crippen LogP contribution in [0.1, 0.15) is 48.9 Å². The van der Waals surface area contributed by atoms with E-state index >= 15 is 0 Å². The predicted octanol–water partition coefficient (Wildman–Crippen LogP) is 1.59. The van der Waals surface area contributed by atoms with Crippen molar-refractivity contribution in [1.29, 1.82) is 0 Å². The number of nitrogens with zero attached hydrogens (tertiary/aromatic N) is 1. The Morgan fingerprint density at radius 1 is 1.47 bits per heavy atom. The zero-order valence-electron chi connectivity index (χ0n) is 11.1. The Balaban J connectivity index is 1.84. The number of aryl methyl sites for hydroxylation is 1. The van der Waals surface area contributed by atoms with E-state index in [1.54, 1.807) is 13.8 Å². The average molecular weight is 266 g/mol. The lowest BCUT2D eigenvalue weighted by atomic mass is 10.2. The van der Waals surface area contributed by atoms with Crippen LogP contribution >= 0.6 is 0 Å². The first-order valence-corrected chi connectivity index (χ1v) is 6.51. The first-order valence-electron chi connectivity index (χ1n) is 6.51. The quantitative estimate of drug-likeness (QED) is 0.837. The molecule has 1 atom stereocenters. The third-order valence-electron chi connectivity index (χ3n) is 3.18. The van der Waals surface area contributed by atoms with Gasteiger partial charge in [0.15, 0.2) is 6.10 Å². The third kappa shape index (κ3) is 3.56. The number of rotatable bonds is 4. The Morgan fingerprint density at radius 3 is 2.74 bits per heavy atom. The van der Waals surface area contributed by atoms with Gasteiger partial charge in [0, 0.05) is 12.1 Å². The molecule has 1 heterocycles. The van der Waals surface area contributed by atoms with Gasteiger partial charge in [-0.1, -0.05) is 18.0 Å². The standard InChI is InChI=1S/C13H18N2O4/c1-8-7-11(19-15-8)13(17)18-9(2)12(16)14-10-5-3-4-6-10/h7,9-10H,3-6H2,1-2H3,(H,14,16)/t9-/m1/s1. The third-order valence-corrected chi connectivity index (χ3v) is 3.18. The first kappa shape index (κ1) is 13.6. The molecule has 104 valence electrons. The molecule has 1 saturated carbocycles. The van der Waals surface area contributed by atoms with Crippen molar-refractivity contribution in [2.75, 3.05) is 0 Å². The summed E-state index contributed by atoms with van der Waals surface area (Å²) in [5.74, 6) is -0.927. The van der Waals surface area contributed by atoms with Gasteiger partial charge in [0.25, 0.3) is 5.91 Å². The lowest BCUT2D eigenvalue weighted by molar-refractivity contribution is -0.129. The van der Waals surface area contributed by atoms with Crippen LogP contribution in [-0.4, -0.2) is 29.2 Å². The molecule has 1 aromatic rings. The monoisotopic (exact) mass is 266 g/mol. The van der Waals surface area contributed by atoms with Gasteiger partial charge in [-0.15, -0.1) is 0 Å². The molecular formula is C13H18N2O4. The van der Waals surface area contributed by atoms with E-state index in [-0.39, 0.29) is 17.7 Å². The summed E-state index contributed by atoms with van der Waals surface area (Å²) >= 11 is 0. The van der Waals surface area contributed by atoms with Crippen LogP contribution in [-0.2, 0) is 9.53 Å². The van der Waals surface area contributed by atoms with Crippen molar-refractivity contribution in [3.8, 4) is 0 Å². The summed E-state index contributed by atoms with van der Waals surface area (Å²) in [5, 5.41) is 6.47. The van der Waals surface area contributed by atoms with E-state index in [1.165, 1.54) is 6.07 Å². The number of aromatic nitrogens is 1. The van der Waals surface area contributed by atoms with Gasteiger partial charge in [0.05, 0.1) is 5.69 Å². The number of carbonyl (C=O) groups is 2. The smallest absolute Gasteiger partial charge is 0.377 e. The largest absolute Gasteiger partial charge is 0.447 e. The van der Waals surface area contributed by atoms with Gasteiger partial charge in [-0.3, -0.25) is 4.79 Å². The summed E-state index contributed by atoms with van der Waals surface area (Å²) in [6.45, 7) is 3.25. The second kappa shape index (κ2) is 5.86. The van der Waals surface area contributed by atoms with Crippen molar-refractivity contribution < 1.29 is 18.8 Å². The molecule has 0 unspecified atom stereocenters. The molecule has 1 N–H and O–H groups in total. The Morgan fingerprint density at radius 2 is 2.16 bits per heavy atom. The molecule has 0 aliphatic heterocycles. The molecule has 1 aliphatic rings. The predicted molar refractivity (Wildman–Crippen MR) is 66.5 cm³/mol. The van der Waals surface area contributed by atoms with E-state index < -0.39 is 12.1 Å². The maximum Gasteiger partial charge on any atom is 0.377 e. The van der Waals surface area contributed by atoms with Crippen LogP contribution in [0.25, 0.3) is 0 Å². The van der Waals surface area contributed by atoms with Crippen LogP contribution in [0.3, 0.4) is 0 Å². The van der Waals surface area contributed by atoms with Crippen molar-refractivity contribution >= 4 is 11.9 Å². The zero-order chi connectivity index (χ0) is 13.8. The topological polar surface area (TPSA) is 81.4 Å². The SMILES string of the molecule is Cc1cc(C(=O)O[C@H](C)C(=O)NC2CCCC2)on1. The number of hydrogen-bond acceptors (Lipinski definition) is 5. The van der Waals surface area contributed by atoms with Crippen molar-refractivity contribution in [1.82, 2.24) is 10.5 Å². The molecule has 1 aliphatic carbocycles. The van der Waals surface area contributed by atoms with Gasteiger partial charge in [-0.25, -0.2) is 4.79 Å². The highest BCUT2D eigenvalue weighted by Crippen LogP contribution is 2.17. The molecule has 0 saturated heterocycles. The van der Waals surface area contributed by atoms with E-state index in [2.05, 4.69) is 10.5 Å². The number of amides is 1. The lowest BCUT2D eigenvalue weighted by Crippen LogP contribution is -2.40. The minimum absolute atomic E-state index is 0.0121. The second-order valence-corrected chi connectivity index (χ2v) is 4.87. The minimum Gasteiger partial charge on any atom is -0.447 e. The molecule has 0 radical (unpaired) electrons. The Hall–Kier alpha value is -1.85. The fourth-order valence-corrected chi connectivity index (χ4v) is 2.12. The highest BCUT2D eigenvalue weighted by molar-refractivity contribution is 5.90. The Kier molecular flexibility index (Phi) is 4.19. The van der Waals surface area contributed by atoms with Gasteiger partial charge in [0.1, 0.15) is 0 Å². The van der Waals surface area contributed by atoms with E-state index in [0.717, 1.165) is 25.7 Å². The van der Waals surface area contributed by atoms with Crippen molar-refractivity contribution in [2.45, 2.75) is 51.7 Å². The van der Waals surface area contributed by atoms with Gasteiger partial charge in [-0.05, 0) is 26.7 Å². The molecule has 0 bridgehead atoms. The van der Waals surface area contributed by atoms with Crippen LogP contribution in [0.2, 0.25) is 0 Å². The fourth-order valence-electron chi connectivity index (χ4n) is 2.12. The molecule has 6 heteroatoms. The molecule has 0 aromatic carbocycles. The first-order chi connectivity index (χ1) is 9.06. The summed E-state index contributed by atoms with van der Waals surface area (Å²) in [5.41, 5.74) is 0.593. The van der Waals surface area contributed by atoms with Gasteiger partial charge >= 0.3 is 5.97 Å². The summed E-state index contributed by atoms with van der Waals surface area (Å²) in [6, 6.07) is 1.69. The maximum atomic E-state index is 11.8. The van der Waals surface area contributed by atoms with Crippen LogP contribution in [0.5, 0.6) is 0 Å². The summed E-state index contributed by atoms with van der Waals surface area (Å²) < 4.78 is 9.82. The van der Waals surface area contributed by atoms with Gasteiger partial charge in [-0.2, -0.15) is 0 Å². The second-order valence-electron chi connectivity index (χ2n) is 4.87. The minimum atomic E-state index is -0.835. The van der Waals surface area contributed by atoms with Crippen molar-refractivity contribution in [3.63, 3.8) is 0 Å². The summed E-state index contributed by atoms with van der Waals surface area (Å²) in [6.07, 6.45) is 3.42. The van der Waals surface area contributed by atoms with Crippen LogP contribution in [0.15, 0.2) is 10.6 Å². The molecule has 6 nitrogen and oxygen atoms in total. The van der Waals surface area contributed by atoms with E-state index in [9.17, 15) is 9.59 Å². The van der Waals surface area contributed by atoms with Crippen LogP contribution in [0.4, 0.5) is 0 Å². The normalized spacial score (nSPS) is 17.2. The number of carbonyl (C=O) groups excluding carboxylic acids is 2. The molecule has 1 amide bonds. The molecule has 2 rings (SSSR count). The van der Waals surface area contributed by atoms with Gasteiger partial charge in [0.2, 0.25) is 5.76 Å².